The molecule has 1 aromatic heterocycles. The van der Waals surface area contributed by atoms with Gasteiger partial charge < -0.3 is 5.32 Å². The average molecular weight is 798 g/mol. The van der Waals surface area contributed by atoms with Crippen LogP contribution in [0, 0.1) is 0 Å². The summed E-state index contributed by atoms with van der Waals surface area (Å²) in [7, 11) is 0. The summed E-state index contributed by atoms with van der Waals surface area (Å²) in [5, 5.41) is 5.00. The molecule has 0 fully saturated rings. The minimum absolute atomic E-state index is 0.491. The Morgan fingerprint density at radius 1 is 0.633 bits per heavy atom. The van der Waals surface area contributed by atoms with Crippen LogP contribution in [0.3, 0.4) is 0 Å². The molecule has 7 aromatic rings. The number of benzene rings is 6. The van der Waals surface area contributed by atoms with Crippen LogP contribution in [-0.4, -0.2) is 0 Å². The Bertz CT molecular complexity index is 2580. The number of aryl methyl sites for hydroxylation is 1. The molecule has 60 heavy (non-hydrogen) atoms. The third kappa shape index (κ3) is 9.05. The highest BCUT2D eigenvalue weighted by atomic mass is 32.1. The maximum Gasteiger partial charge on any atom is 0.0715 e. The zero-order valence-electron chi connectivity index (χ0n) is 35.2. The van der Waals surface area contributed by atoms with Gasteiger partial charge in [0.15, 0.2) is 0 Å². The second kappa shape index (κ2) is 20.5. The van der Waals surface area contributed by atoms with Crippen LogP contribution in [0.5, 0.6) is 0 Å². The predicted octanol–water partition coefficient (Wildman–Crippen LogP) is 16.6. The fourth-order valence-electron chi connectivity index (χ4n) is 8.38. The van der Waals surface area contributed by atoms with Gasteiger partial charge in [-0.2, -0.15) is 0 Å². The van der Waals surface area contributed by atoms with Crippen molar-refractivity contribution < 1.29 is 0 Å². The summed E-state index contributed by atoms with van der Waals surface area (Å²) in [4.78, 5) is 1.49. The first-order valence-corrected chi connectivity index (χ1v) is 22.2. The van der Waals surface area contributed by atoms with Gasteiger partial charge in [-0.3, -0.25) is 0 Å². The van der Waals surface area contributed by atoms with Gasteiger partial charge in [0, 0.05) is 26.3 Å². The van der Waals surface area contributed by atoms with Crippen LogP contribution in [0.1, 0.15) is 72.7 Å². The molecule has 1 N–H and O–H groups in total. The van der Waals surface area contributed by atoms with Gasteiger partial charge in [-0.1, -0.05) is 209 Å². The molecule has 1 heterocycles. The van der Waals surface area contributed by atoms with Gasteiger partial charge in [0.25, 0.3) is 0 Å². The van der Waals surface area contributed by atoms with E-state index in [-0.39, 0.29) is 0 Å². The lowest BCUT2D eigenvalue weighted by atomic mass is 9.65. The number of hydrogen-bond acceptors (Lipinski definition) is 2. The number of allylic oxidation sites excluding steroid dienone is 10. The highest BCUT2D eigenvalue weighted by Gasteiger charge is 2.40. The first-order chi connectivity index (χ1) is 29.7. The number of fused-ring (bicyclic) bond motifs is 3. The molecule has 0 unspecified atom stereocenters. The molecule has 0 bridgehead atoms. The highest BCUT2D eigenvalue weighted by molar-refractivity contribution is 7.19. The second-order valence-electron chi connectivity index (χ2n) is 14.7. The maximum atomic E-state index is 3.72. The molecule has 0 radical (unpaired) electrons. The Labute approximate surface area is 362 Å². The van der Waals surface area contributed by atoms with Crippen molar-refractivity contribution in [2.75, 3.05) is 5.32 Å². The van der Waals surface area contributed by atoms with Crippen LogP contribution in [0.15, 0.2) is 224 Å². The van der Waals surface area contributed by atoms with E-state index in [1.165, 1.54) is 65.1 Å². The Hall–Kier alpha value is -6.48. The van der Waals surface area contributed by atoms with Crippen molar-refractivity contribution in [3.8, 4) is 11.1 Å². The molecule has 0 saturated carbocycles. The van der Waals surface area contributed by atoms with E-state index in [1.807, 2.05) is 38.2 Å². The molecule has 2 aliphatic carbocycles. The fraction of sp³-hybridized carbons (Fsp3) is 0.138. The Balaban J connectivity index is 0.000000310. The summed E-state index contributed by atoms with van der Waals surface area (Å²) in [5.74, 6) is 0. The molecular weight excluding hydrogens is 743 g/mol. The number of anilines is 2. The third-order valence-corrected chi connectivity index (χ3v) is 12.4. The average Bonchev–Trinajstić information content (AvgIpc) is 3.72. The number of thiophene rings is 1. The van der Waals surface area contributed by atoms with Crippen LogP contribution >= 0.6 is 11.3 Å². The molecule has 1 nitrogen and oxygen atoms in total. The highest BCUT2D eigenvalue weighted by Crippen LogP contribution is 2.50. The third-order valence-electron chi connectivity index (χ3n) is 11.1. The topological polar surface area (TPSA) is 12.0 Å². The molecule has 0 aliphatic heterocycles. The molecule has 298 valence electrons. The van der Waals surface area contributed by atoms with E-state index >= 15 is 0 Å². The second-order valence-corrected chi connectivity index (χ2v) is 15.8. The van der Waals surface area contributed by atoms with Gasteiger partial charge >= 0.3 is 0 Å². The summed E-state index contributed by atoms with van der Waals surface area (Å²) in [6.07, 6.45) is 23.8. The largest absolute Gasteiger partial charge is 0.356 e. The van der Waals surface area contributed by atoms with Crippen LogP contribution in [0.2, 0.25) is 0 Å². The normalized spacial score (nSPS) is 13.4. The quantitative estimate of drug-likeness (QED) is 0.107. The van der Waals surface area contributed by atoms with Crippen molar-refractivity contribution in [2.24, 2.45) is 0 Å². The summed E-state index contributed by atoms with van der Waals surface area (Å²) in [5.41, 5.74) is 13.3. The lowest BCUT2D eigenvalue weighted by Crippen LogP contribution is -2.31. The molecule has 6 aromatic carbocycles. The van der Waals surface area contributed by atoms with E-state index in [4.69, 9.17) is 0 Å². The van der Waals surface area contributed by atoms with Crippen molar-refractivity contribution in [1.82, 2.24) is 0 Å². The Morgan fingerprint density at radius 3 is 1.82 bits per heavy atom. The first kappa shape index (κ1) is 41.7. The van der Waals surface area contributed by atoms with Gasteiger partial charge in [-0.05, 0) is 107 Å². The zero-order chi connectivity index (χ0) is 41.6. The van der Waals surface area contributed by atoms with Gasteiger partial charge in [0.05, 0.1) is 5.41 Å². The molecule has 0 amide bonds. The monoisotopic (exact) mass is 797 g/mol. The first-order valence-electron chi connectivity index (χ1n) is 21.4. The van der Waals surface area contributed by atoms with E-state index in [0.717, 1.165) is 37.1 Å². The summed E-state index contributed by atoms with van der Waals surface area (Å²) in [6.45, 7) is 9.76. The summed E-state index contributed by atoms with van der Waals surface area (Å²) < 4.78 is 1.38. The van der Waals surface area contributed by atoms with E-state index in [0.29, 0.717) is 0 Å². The van der Waals surface area contributed by atoms with Crippen LogP contribution in [0.25, 0.3) is 27.3 Å². The Morgan fingerprint density at radius 2 is 1.22 bits per heavy atom. The van der Waals surface area contributed by atoms with Crippen molar-refractivity contribution >= 4 is 38.9 Å². The standard InChI is InChI=1S/C43H33NS.C13H16.C2H6/c1-4-13-31(14-5-1)32-23-27-36(28-24-32)44-37-29-25-35(26-30-37)43(33-15-6-2-7-16-33,34-17-8-3-9-18-34)40-21-12-20-39-38-19-10-11-22-41(38)45-42(39)40;1-3-8-12(9-4-2)13-10-6-5-7-11-13;1-2/h1-10,12-21,23-30,44H,11,22H2;3-6,8-10H,1,7,11H2,2H3;1-2H3/b;9-4-,12-8+;. The lowest BCUT2D eigenvalue weighted by Gasteiger charge is -2.37. The van der Waals surface area contributed by atoms with E-state index < -0.39 is 5.41 Å². The summed E-state index contributed by atoms with van der Waals surface area (Å²) >= 11 is 1.98. The Kier molecular flexibility index (Phi) is 14.2. The van der Waals surface area contributed by atoms with Gasteiger partial charge in [0.2, 0.25) is 0 Å². The minimum Gasteiger partial charge on any atom is -0.356 e. The number of hydrogen-bond donors (Lipinski definition) is 1. The van der Waals surface area contributed by atoms with Crippen LogP contribution in [0.4, 0.5) is 11.4 Å². The van der Waals surface area contributed by atoms with Crippen molar-refractivity contribution in [3.63, 3.8) is 0 Å². The fourth-order valence-corrected chi connectivity index (χ4v) is 9.75. The van der Waals surface area contributed by atoms with Crippen LogP contribution in [-0.2, 0) is 11.8 Å². The van der Waals surface area contributed by atoms with Gasteiger partial charge in [0.1, 0.15) is 0 Å². The SMILES string of the molecule is C1=Cc2c(sc3c(C(c4ccccc4)(c4ccccc4)c4ccc(Nc5ccc(-c6ccccc6)cc5)cc4)cccc23)CC1.C=C/C=C(\C=C/C)C1=CC=CCC1.CC. The smallest absolute Gasteiger partial charge is 0.0715 e. The van der Waals surface area contributed by atoms with Gasteiger partial charge in [-0.15, -0.1) is 11.3 Å². The zero-order valence-corrected chi connectivity index (χ0v) is 36.0. The minimum atomic E-state index is -0.491. The molecule has 0 spiro atoms. The molecule has 0 saturated heterocycles. The summed E-state index contributed by atoms with van der Waals surface area (Å²) in [6, 6.07) is 57.3. The molecule has 0 atom stereocenters. The van der Waals surface area contributed by atoms with E-state index in [2.05, 4.69) is 218 Å². The van der Waals surface area contributed by atoms with Crippen molar-refractivity contribution in [3.05, 3.63) is 257 Å². The lowest BCUT2D eigenvalue weighted by molar-refractivity contribution is 0.754. The molecule has 2 heteroatoms. The number of nitrogens with one attached hydrogen (secondary N) is 1. The van der Waals surface area contributed by atoms with Crippen LogP contribution < -0.4 is 5.32 Å². The molecular formula is C58H55NS. The number of rotatable bonds is 10. The predicted molar refractivity (Wildman–Crippen MR) is 264 cm³/mol. The maximum absolute atomic E-state index is 3.72. The van der Waals surface area contributed by atoms with Crippen molar-refractivity contribution in [2.45, 2.75) is 51.9 Å². The van der Waals surface area contributed by atoms with Crippen molar-refractivity contribution in [1.29, 1.82) is 0 Å². The molecule has 2 aliphatic rings. The molecule has 9 rings (SSSR count). The van der Waals surface area contributed by atoms with Gasteiger partial charge in [-0.25, -0.2) is 0 Å². The van der Waals surface area contributed by atoms with E-state index in [9.17, 15) is 0 Å². The van der Waals surface area contributed by atoms with E-state index in [1.54, 1.807) is 0 Å².